The predicted molar refractivity (Wildman–Crippen MR) is 221 cm³/mol. The van der Waals surface area contributed by atoms with Gasteiger partial charge in [-0.05, 0) is 74.0 Å². The van der Waals surface area contributed by atoms with E-state index in [-0.39, 0.29) is 47.9 Å². The molecule has 0 bridgehead atoms. The number of ketones is 1. The van der Waals surface area contributed by atoms with Crippen molar-refractivity contribution in [3.05, 3.63) is 106 Å². The highest BCUT2D eigenvalue weighted by molar-refractivity contribution is 5.96. The Bertz CT molecular complexity index is 1440. The van der Waals surface area contributed by atoms with Gasteiger partial charge in [0.05, 0.1) is 47.6 Å². The topological polar surface area (TPSA) is 421 Å². The maximum Gasteiger partial charge on any atom is 0.340 e. The first-order valence-electron chi connectivity index (χ1n) is 18.2. The monoisotopic (exact) mass is 940 g/mol. The minimum Gasteiger partial charge on any atom is -0.460 e. The minimum absolute atomic E-state index is 0.0284. The highest BCUT2D eigenvalue weighted by Gasteiger charge is 2.12. The minimum atomic E-state index is -0.750. The molecular formula is C40H60O25. The number of carbonyl (C=O) groups excluding carboxylic acids is 6. The summed E-state index contributed by atoms with van der Waals surface area (Å²) in [5.41, 5.74) is 1.82. The van der Waals surface area contributed by atoms with E-state index in [1.54, 1.807) is 24.3 Å². The number of benzene rings is 3. The highest BCUT2D eigenvalue weighted by atomic mass is 16.6. The Morgan fingerprint density at radius 2 is 0.569 bits per heavy atom. The number of esters is 5. The van der Waals surface area contributed by atoms with E-state index in [1.165, 1.54) is 62.6 Å². The number of Topliss-reactive ketones (excluding diaryl/α,β-unsaturated/α-hetero) is 1. The fourth-order valence-electron chi connectivity index (χ4n) is 3.19. The SMILES string of the molecule is CCCO.COCCOC(=O)c1ccc(C(C)=O)cc1.O=C(OCO)c1ccc(C(=O)OCO)cc1.O=C(OCO)c1ccc(C(=O)OCO)cc1.OCCO.OCO.OCO.OCO. The largest absolute Gasteiger partial charge is 0.460 e. The summed E-state index contributed by atoms with van der Waals surface area (Å²) in [7, 11) is 1.54. The summed E-state index contributed by atoms with van der Waals surface area (Å²) in [6.07, 6.45) is 0.875. The van der Waals surface area contributed by atoms with Gasteiger partial charge in [-0.25, -0.2) is 24.0 Å². The van der Waals surface area contributed by atoms with Gasteiger partial charge in [-0.3, -0.25) is 4.79 Å². The summed E-state index contributed by atoms with van der Waals surface area (Å²) in [5, 5.41) is 99.3. The van der Waals surface area contributed by atoms with Crippen LogP contribution in [0.3, 0.4) is 0 Å². The van der Waals surface area contributed by atoms with E-state index in [0.29, 0.717) is 24.3 Å². The lowest BCUT2D eigenvalue weighted by Gasteiger charge is -2.04. The summed E-state index contributed by atoms with van der Waals surface area (Å²) >= 11 is 0. The number of aliphatic hydroxyl groups excluding tert-OH is 10. The predicted octanol–water partition coefficient (Wildman–Crippen LogP) is -2.36. The first-order chi connectivity index (χ1) is 31.1. The first kappa shape index (κ1) is 68.2. The number of methoxy groups -OCH3 is 1. The lowest BCUT2D eigenvalue weighted by molar-refractivity contribution is 0.00523. The molecule has 0 atom stereocenters. The van der Waals surface area contributed by atoms with Gasteiger partial charge in [0.1, 0.15) is 27.0 Å². The van der Waals surface area contributed by atoms with E-state index in [4.69, 9.17) is 75.9 Å². The molecule has 3 aromatic rings. The molecule has 0 spiro atoms. The van der Waals surface area contributed by atoms with Gasteiger partial charge < -0.3 is 94.8 Å². The van der Waals surface area contributed by atoms with Crippen molar-refractivity contribution in [2.75, 3.05) is 87.7 Å². The molecule has 0 fully saturated rings. The average molecular weight is 941 g/mol. The molecule has 0 aliphatic heterocycles. The van der Waals surface area contributed by atoms with E-state index in [1.807, 2.05) is 6.92 Å². The molecule has 25 heteroatoms. The van der Waals surface area contributed by atoms with Crippen molar-refractivity contribution in [2.45, 2.75) is 20.3 Å². The van der Waals surface area contributed by atoms with Crippen LogP contribution in [0.25, 0.3) is 0 Å². The molecular weight excluding hydrogens is 880 g/mol. The maximum atomic E-state index is 11.4. The normalized spacial score (nSPS) is 8.92. The van der Waals surface area contributed by atoms with Crippen molar-refractivity contribution >= 4 is 35.6 Å². The standard InChI is InChI=1S/C12H14O4.2C10H10O6.C3H8O.C2H6O2.3CH4O2/c1-9(13)10-3-5-11(6-4-10)12(14)16-8-7-15-2;2*11-5-15-9(13)7-1-2-8(4-3-7)10(14)16-6-12;1-2-3-4;3-1-2-4;3*2-1-3/h3-6H,7-8H2,1-2H3;2*1-4,11-12H,5-6H2;4H,2-3H2,1H3;3-4H,1-2H2;3*2-3H,1H2. The Hall–Kier alpha value is -5.88. The zero-order chi connectivity index (χ0) is 50.8. The van der Waals surface area contributed by atoms with Gasteiger partial charge in [-0.1, -0.05) is 19.1 Å². The lowest BCUT2D eigenvalue weighted by atomic mass is 10.1. The molecule has 65 heavy (non-hydrogen) atoms. The van der Waals surface area contributed by atoms with Crippen LogP contribution >= 0.6 is 0 Å². The van der Waals surface area contributed by atoms with Gasteiger partial charge in [0.15, 0.2) is 33.0 Å². The number of hydrogen-bond donors (Lipinski definition) is 13. The summed E-state index contributed by atoms with van der Waals surface area (Å²) in [6.45, 7) is -0.979. The molecule has 3 aromatic carbocycles. The third-order valence-corrected chi connectivity index (χ3v) is 5.87. The van der Waals surface area contributed by atoms with Crippen molar-refractivity contribution in [1.29, 1.82) is 0 Å². The third-order valence-electron chi connectivity index (χ3n) is 5.87. The Labute approximate surface area is 373 Å². The van der Waals surface area contributed by atoms with E-state index in [2.05, 4.69) is 18.9 Å². The van der Waals surface area contributed by atoms with Crippen LogP contribution in [0, 0.1) is 0 Å². The highest BCUT2D eigenvalue weighted by Crippen LogP contribution is 2.09. The number of carbonyl (C=O) groups is 6. The van der Waals surface area contributed by atoms with Gasteiger partial charge in [0, 0.05) is 19.3 Å². The van der Waals surface area contributed by atoms with E-state index >= 15 is 0 Å². The third kappa shape index (κ3) is 40.6. The zero-order valence-electron chi connectivity index (χ0n) is 35.8. The van der Waals surface area contributed by atoms with E-state index in [0.717, 1.165) is 6.42 Å². The molecule has 0 aliphatic rings. The summed E-state index contributed by atoms with van der Waals surface area (Å²) in [6, 6.07) is 17.2. The van der Waals surface area contributed by atoms with Gasteiger partial charge in [0.2, 0.25) is 0 Å². The van der Waals surface area contributed by atoms with Gasteiger partial charge in [-0.15, -0.1) is 0 Å². The fourth-order valence-corrected chi connectivity index (χ4v) is 3.19. The summed E-state index contributed by atoms with van der Waals surface area (Å²) in [4.78, 5) is 66.9. The van der Waals surface area contributed by atoms with Crippen LogP contribution in [0.5, 0.6) is 0 Å². The van der Waals surface area contributed by atoms with Crippen molar-refractivity contribution in [3.8, 4) is 0 Å². The number of ether oxygens (including phenoxy) is 6. The second-order valence-corrected chi connectivity index (χ2v) is 10.3. The van der Waals surface area contributed by atoms with Crippen LogP contribution in [0.2, 0.25) is 0 Å². The second kappa shape index (κ2) is 50.8. The molecule has 25 nitrogen and oxygen atoms in total. The molecule has 3 rings (SSSR count). The van der Waals surface area contributed by atoms with Crippen molar-refractivity contribution in [1.82, 2.24) is 0 Å². The molecule has 0 aliphatic carbocycles. The van der Waals surface area contributed by atoms with E-state index < -0.39 is 77.4 Å². The summed E-state index contributed by atoms with van der Waals surface area (Å²) < 4.78 is 27.0. The Kier molecular flexibility index (Phi) is 53.2. The van der Waals surface area contributed by atoms with Crippen molar-refractivity contribution in [2.24, 2.45) is 0 Å². The van der Waals surface area contributed by atoms with Gasteiger partial charge in [-0.2, -0.15) is 0 Å². The zero-order valence-corrected chi connectivity index (χ0v) is 35.8. The molecule has 0 heterocycles. The van der Waals surface area contributed by atoms with Crippen LogP contribution in [0.15, 0.2) is 72.8 Å². The summed E-state index contributed by atoms with van der Waals surface area (Å²) in [5.74, 6) is -3.20. The van der Waals surface area contributed by atoms with Gasteiger partial charge in [0.25, 0.3) is 0 Å². The number of aliphatic hydroxyl groups is 13. The van der Waals surface area contributed by atoms with Crippen LogP contribution in [0.1, 0.15) is 82.4 Å². The molecule has 0 aromatic heterocycles. The van der Waals surface area contributed by atoms with Crippen LogP contribution in [-0.2, 0) is 28.4 Å². The second-order valence-electron chi connectivity index (χ2n) is 10.3. The molecule has 0 amide bonds. The van der Waals surface area contributed by atoms with E-state index in [9.17, 15) is 28.8 Å². The molecule has 370 valence electrons. The van der Waals surface area contributed by atoms with Crippen LogP contribution in [-0.4, -0.2) is 190 Å². The molecule has 0 unspecified atom stereocenters. The maximum absolute atomic E-state index is 11.4. The van der Waals surface area contributed by atoms with Gasteiger partial charge >= 0.3 is 29.8 Å². The Balaban J connectivity index is -0.000000235. The quantitative estimate of drug-likeness (QED) is 0.0249. The molecule has 0 saturated heterocycles. The van der Waals surface area contributed by atoms with Crippen molar-refractivity contribution in [3.63, 3.8) is 0 Å². The Morgan fingerprint density at radius 3 is 0.723 bits per heavy atom. The smallest absolute Gasteiger partial charge is 0.340 e. The van der Waals surface area contributed by atoms with Crippen LogP contribution in [0.4, 0.5) is 0 Å². The van der Waals surface area contributed by atoms with Crippen LogP contribution < -0.4 is 0 Å². The first-order valence-corrected chi connectivity index (χ1v) is 18.2. The molecule has 0 saturated carbocycles. The fraction of sp³-hybridized carbons (Fsp3) is 0.400. The Morgan fingerprint density at radius 1 is 0.369 bits per heavy atom. The molecule has 0 radical (unpaired) electrons. The molecule has 13 N–H and O–H groups in total. The van der Waals surface area contributed by atoms with Crippen molar-refractivity contribution < 1.29 is 124 Å². The average Bonchev–Trinajstić information content (AvgIpc) is 3.31. The lowest BCUT2D eigenvalue weighted by Crippen LogP contribution is -2.10. The number of hydrogen-bond acceptors (Lipinski definition) is 25. The number of rotatable bonds is 15.